The molecule has 3 rings (SSSR count). The molecule has 0 aromatic heterocycles. The van der Waals surface area contributed by atoms with E-state index in [9.17, 15) is 22.0 Å². The number of carbonyl (C=O) groups is 1. The molecule has 0 aliphatic carbocycles. The highest BCUT2D eigenvalue weighted by Crippen LogP contribution is 2.22. The van der Waals surface area contributed by atoms with E-state index in [0.29, 0.717) is 23.7 Å². The highest BCUT2D eigenvalue weighted by atomic mass is 32.2. The van der Waals surface area contributed by atoms with Crippen LogP contribution in [0.15, 0.2) is 77.7 Å². The van der Waals surface area contributed by atoms with E-state index in [0.717, 1.165) is 0 Å². The highest BCUT2D eigenvalue weighted by molar-refractivity contribution is 7.92. The van der Waals surface area contributed by atoms with Crippen LogP contribution in [-0.4, -0.2) is 27.5 Å². The number of sulfonamides is 1. The summed E-state index contributed by atoms with van der Waals surface area (Å²) >= 11 is 0. The van der Waals surface area contributed by atoms with Crippen molar-refractivity contribution in [1.82, 2.24) is 0 Å². The topological polar surface area (TPSA) is 93.7 Å². The summed E-state index contributed by atoms with van der Waals surface area (Å²) in [7, 11) is -3.84. The van der Waals surface area contributed by atoms with Gasteiger partial charge in [-0.05, 0) is 73.7 Å². The zero-order valence-corrected chi connectivity index (χ0v) is 17.7. The maximum atomic E-state index is 12.6. The Morgan fingerprint density at radius 3 is 2.22 bits per heavy atom. The highest BCUT2D eigenvalue weighted by Gasteiger charge is 2.15. The molecule has 0 aliphatic heterocycles. The molecule has 168 valence electrons. The Morgan fingerprint density at radius 1 is 0.938 bits per heavy atom. The van der Waals surface area contributed by atoms with Crippen molar-refractivity contribution < 1.29 is 31.5 Å². The largest absolute Gasteiger partial charge is 0.494 e. The van der Waals surface area contributed by atoms with Gasteiger partial charge in [-0.3, -0.25) is 9.52 Å². The van der Waals surface area contributed by atoms with E-state index in [1.807, 2.05) is 6.92 Å². The average Bonchev–Trinajstić information content (AvgIpc) is 2.75. The summed E-state index contributed by atoms with van der Waals surface area (Å²) in [5.41, 5.74) is 0.809. The summed E-state index contributed by atoms with van der Waals surface area (Å²) in [5.74, 6) is -0.0795. The van der Waals surface area contributed by atoms with E-state index in [-0.39, 0.29) is 16.2 Å². The fraction of sp³-hybridized carbons (Fsp3) is 0.136. The van der Waals surface area contributed by atoms with Gasteiger partial charge >= 0.3 is 6.61 Å². The Hall–Kier alpha value is -3.66. The van der Waals surface area contributed by atoms with Gasteiger partial charge in [-0.15, -0.1) is 0 Å². The van der Waals surface area contributed by atoms with Crippen LogP contribution in [0.4, 0.5) is 20.2 Å². The summed E-state index contributed by atoms with van der Waals surface area (Å²) in [6.45, 7) is -0.649. The molecule has 32 heavy (non-hydrogen) atoms. The number of halogens is 2. The molecule has 3 aromatic rings. The maximum Gasteiger partial charge on any atom is 0.387 e. The number of carbonyl (C=O) groups excluding carboxylic acids is 1. The first kappa shape index (κ1) is 23.0. The fourth-order valence-corrected chi connectivity index (χ4v) is 3.79. The van der Waals surface area contributed by atoms with Gasteiger partial charge in [-0.2, -0.15) is 8.78 Å². The molecular weight excluding hydrogens is 442 g/mol. The second kappa shape index (κ2) is 10.1. The third kappa shape index (κ3) is 6.17. The zero-order valence-electron chi connectivity index (χ0n) is 16.9. The molecule has 0 saturated heterocycles. The molecular formula is C22H20F2N2O5S. The van der Waals surface area contributed by atoms with Crippen molar-refractivity contribution in [3.63, 3.8) is 0 Å². The molecule has 0 heterocycles. The first-order valence-corrected chi connectivity index (χ1v) is 11.0. The lowest BCUT2D eigenvalue weighted by atomic mass is 10.2. The summed E-state index contributed by atoms with van der Waals surface area (Å²) in [5, 5.41) is 2.57. The van der Waals surface area contributed by atoms with Gasteiger partial charge < -0.3 is 14.8 Å². The van der Waals surface area contributed by atoms with Gasteiger partial charge in [0.1, 0.15) is 11.5 Å². The summed E-state index contributed by atoms with van der Waals surface area (Å²) < 4.78 is 61.9. The number of nitrogens with one attached hydrogen (secondary N) is 2. The second-order valence-corrected chi connectivity index (χ2v) is 8.13. The number of alkyl halides is 2. The van der Waals surface area contributed by atoms with Crippen LogP contribution >= 0.6 is 0 Å². The van der Waals surface area contributed by atoms with Crippen LogP contribution in [0.25, 0.3) is 0 Å². The van der Waals surface area contributed by atoms with Crippen LogP contribution < -0.4 is 19.5 Å². The van der Waals surface area contributed by atoms with E-state index in [1.165, 1.54) is 48.5 Å². The number of anilines is 2. The number of benzene rings is 3. The minimum atomic E-state index is -3.84. The average molecular weight is 462 g/mol. The van der Waals surface area contributed by atoms with Crippen molar-refractivity contribution in [1.29, 1.82) is 0 Å². The molecule has 0 atom stereocenters. The zero-order chi connectivity index (χ0) is 23.1. The van der Waals surface area contributed by atoms with Gasteiger partial charge in [0.05, 0.1) is 11.5 Å². The second-order valence-electron chi connectivity index (χ2n) is 6.45. The van der Waals surface area contributed by atoms with Gasteiger partial charge in [0.15, 0.2) is 0 Å². The molecule has 0 bridgehead atoms. The summed E-state index contributed by atoms with van der Waals surface area (Å²) in [4.78, 5) is 12.4. The molecule has 10 heteroatoms. The molecule has 0 fully saturated rings. The Balaban J connectivity index is 1.67. The van der Waals surface area contributed by atoms with Crippen molar-refractivity contribution >= 4 is 27.3 Å². The Labute approximate surface area is 184 Å². The Kier molecular flexibility index (Phi) is 7.26. The Bertz CT molecular complexity index is 1170. The van der Waals surface area contributed by atoms with E-state index in [2.05, 4.69) is 14.8 Å². The number of hydrogen-bond acceptors (Lipinski definition) is 5. The van der Waals surface area contributed by atoms with Crippen molar-refractivity contribution in [2.75, 3.05) is 16.6 Å². The predicted molar refractivity (Wildman–Crippen MR) is 116 cm³/mol. The maximum absolute atomic E-state index is 12.6. The monoisotopic (exact) mass is 462 g/mol. The fourth-order valence-electron chi connectivity index (χ4n) is 2.73. The number of rotatable bonds is 9. The first-order chi connectivity index (χ1) is 15.3. The van der Waals surface area contributed by atoms with Gasteiger partial charge in [-0.25, -0.2) is 8.42 Å². The minimum absolute atomic E-state index is 0.00304. The van der Waals surface area contributed by atoms with Crippen molar-refractivity contribution in [3.8, 4) is 11.5 Å². The van der Waals surface area contributed by atoms with Crippen LogP contribution in [0.2, 0.25) is 0 Å². The molecule has 1 amide bonds. The summed E-state index contributed by atoms with van der Waals surface area (Å²) in [6.07, 6.45) is 0. The summed E-state index contributed by atoms with van der Waals surface area (Å²) in [6, 6.07) is 17.3. The van der Waals surface area contributed by atoms with E-state index >= 15 is 0 Å². The smallest absolute Gasteiger partial charge is 0.387 e. The standard InChI is InChI=1S/C22H20F2N2O5S/c1-2-30-18-10-6-17(7-11-18)26-32(28,29)20-12-8-16(9-13-20)25-21(27)15-4-3-5-19(14-15)31-22(23)24/h3-14,22,26H,2H2,1H3,(H,25,27). The van der Waals surface area contributed by atoms with Crippen molar-refractivity contribution in [3.05, 3.63) is 78.4 Å². The van der Waals surface area contributed by atoms with Crippen molar-refractivity contribution in [2.24, 2.45) is 0 Å². The van der Waals surface area contributed by atoms with Gasteiger partial charge in [0, 0.05) is 16.9 Å². The van der Waals surface area contributed by atoms with Crippen LogP contribution in [0.3, 0.4) is 0 Å². The Morgan fingerprint density at radius 2 is 1.59 bits per heavy atom. The normalized spacial score (nSPS) is 11.1. The van der Waals surface area contributed by atoms with E-state index in [4.69, 9.17) is 4.74 Å². The minimum Gasteiger partial charge on any atom is -0.494 e. The molecule has 0 saturated carbocycles. The van der Waals surface area contributed by atoms with Crippen LogP contribution in [0, 0.1) is 0 Å². The lowest BCUT2D eigenvalue weighted by Crippen LogP contribution is -2.14. The first-order valence-electron chi connectivity index (χ1n) is 9.49. The molecule has 0 unspecified atom stereocenters. The van der Waals surface area contributed by atoms with E-state index in [1.54, 1.807) is 24.3 Å². The lowest BCUT2D eigenvalue weighted by molar-refractivity contribution is -0.0498. The van der Waals surface area contributed by atoms with Crippen molar-refractivity contribution in [2.45, 2.75) is 18.4 Å². The van der Waals surface area contributed by atoms with Crippen LogP contribution in [0.1, 0.15) is 17.3 Å². The molecule has 7 nitrogen and oxygen atoms in total. The van der Waals surface area contributed by atoms with Crippen LogP contribution in [0.5, 0.6) is 11.5 Å². The van der Waals surface area contributed by atoms with Gasteiger partial charge in [0.2, 0.25) is 0 Å². The number of amides is 1. The van der Waals surface area contributed by atoms with E-state index < -0.39 is 22.5 Å². The van der Waals surface area contributed by atoms with Crippen LogP contribution in [-0.2, 0) is 10.0 Å². The SMILES string of the molecule is CCOc1ccc(NS(=O)(=O)c2ccc(NC(=O)c3cccc(OC(F)F)c3)cc2)cc1. The number of ether oxygens (including phenoxy) is 2. The molecule has 3 aromatic carbocycles. The molecule has 2 N–H and O–H groups in total. The number of hydrogen-bond donors (Lipinski definition) is 2. The molecule has 0 spiro atoms. The predicted octanol–water partition coefficient (Wildman–Crippen LogP) is 4.74. The quantitative estimate of drug-likeness (QED) is 0.479. The lowest BCUT2D eigenvalue weighted by Gasteiger charge is -2.11. The third-order valence-electron chi connectivity index (χ3n) is 4.16. The van der Waals surface area contributed by atoms with Gasteiger partial charge in [-0.1, -0.05) is 6.07 Å². The molecule has 0 radical (unpaired) electrons. The third-order valence-corrected chi connectivity index (χ3v) is 5.56. The van der Waals surface area contributed by atoms with Gasteiger partial charge in [0.25, 0.3) is 15.9 Å². The molecule has 0 aliphatic rings.